The van der Waals surface area contributed by atoms with E-state index in [1.165, 1.54) is 18.5 Å². The van der Waals surface area contributed by atoms with Gasteiger partial charge in [0, 0.05) is 51.2 Å². The molecule has 0 spiro atoms. The van der Waals surface area contributed by atoms with Crippen LogP contribution in [-0.4, -0.2) is 55.1 Å². The monoisotopic (exact) mass is 364 g/mol. The van der Waals surface area contributed by atoms with Crippen molar-refractivity contribution in [1.29, 1.82) is 0 Å². The van der Waals surface area contributed by atoms with Gasteiger partial charge in [0.1, 0.15) is 5.82 Å². The molecule has 0 aliphatic carbocycles. The zero-order valence-electron chi connectivity index (χ0n) is 16.1. The van der Waals surface area contributed by atoms with Crippen molar-refractivity contribution in [3.05, 3.63) is 54.2 Å². The number of hydrogen-bond acceptors (Lipinski definition) is 4. The number of benzene rings is 1. The van der Waals surface area contributed by atoms with Crippen LogP contribution in [0, 0.1) is 0 Å². The number of carbonyl (C=O) groups excluding carboxylic acids is 1. The van der Waals surface area contributed by atoms with Crippen LogP contribution in [0.4, 0.5) is 11.5 Å². The zero-order valence-corrected chi connectivity index (χ0v) is 16.1. The molecule has 1 aromatic heterocycles. The van der Waals surface area contributed by atoms with E-state index in [4.69, 9.17) is 0 Å². The highest BCUT2D eigenvalue weighted by Gasteiger charge is 2.29. The van der Waals surface area contributed by atoms with Gasteiger partial charge in [0.15, 0.2) is 0 Å². The number of likely N-dealkylation sites (N-methyl/N-ethyl adjacent to an activating group) is 1. The van der Waals surface area contributed by atoms with E-state index in [0.717, 1.165) is 50.4 Å². The van der Waals surface area contributed by atoms with E-state index < -0.39 is 0 Å². The predicted octanol–water partition coefficient (Wildman–Crippen LogP) is 3.42. The van der Waals surface area contributed by atoms with Crippen LogP contribution in [0.2, 0.25) is 0 Å². The van der Waals surface area contributed by atoms with Crippen molar-refractivity contribution in [3.8, 4) is 0 Å². The molecule has 2 aliphatic rings. The predicted molar refractivity (Wildman–Crippen MR) is 109 cm³/mol. The van der Waals surface area contributed by atoms with Gasteiger partial charge in [-0.25, -0.2) is 4.98 Å². The zero-order chi connectivity index (χ0) is 18.6. The van der Waals surface area contributed by atoms with E-state index in [0.29, 0.717) is 0 Å². The Kier molecular flexibility index (Phi) is 5.28. The number of carbonyl (C=O) groups is 1. The Balaban J connectivity index is 1.51. The first-order valence-electron chi connectivity index (χ1n) is 10.0. The smallest absolute Gasteiger partial charge is 0.257 e. The van der Waals surface area contributed by atoms with Crippen molar-refractivity contribution in [2.45, 2.75) is 31.7 Å². The van der Waals surface area contributed by atoms with Crippen molar-refractivity contribution >= 4 is 17.4 Å². The molecule has 27 heavy (non-hydrogen) atoms. The molecular formula is C22H28N4O. The van der Waals surface area contributed by atoms with Gasteiger partial charge in [0.25, 0.3) is 5.91 Å². The molecule has 0 radical (unpaired) electrons. The van der Waals surface area contributed by atoms with Gasteiger partial charge in [-0.1, -0.05) is 18.2 Å². The summed E-state index contributed by atoms with van der Waals surface area (Å²) < 4.78 is 0. The number of aromatic nitrogens is 1. The normalized spacial score (nSPS) is 20.0. The third kappa shape index (κ3) is 3.77. The largest absolute Gasteiger partial charge is 0.369 e. The highest BCUT2D eigenvalue weighted by atomic mass is 16.2. The van der Waals surface area contributed by atoms with Crippen molar-refractivity contribution < 1.29 is 4.79 Å². The summed E-state index contributed by atoms with van der Waals surface area (Å²) in [5.41, 5.74) is 1.97. The van der Waals surface area contributed by atoms with Crippen molar-refractivity contribution in [3.63, 3.8) is 0 Å². The molecule has 1 unspecified atom stereocenters. The molecule has 5 nitrogen and oxygen atoms in total. The first kappa shape index (κ1) is 17.8. The van der Waals surface area contributed by atoms with Gasteiger partial charge >= 0.3 is 0 Å². The minimum absolute atomic E-state index is 0.0879. The maximum Gasteiger partial charge on any atom is 0.257 e. The summed E-state index contributed by atoms with van der Waals surface area (Å²) >= 11 is 0. The highest BCUT2D eigenvalue weighted by molar-refractivity contribution is 5.99. The van der Waals surface area contributed by atoms with Crippen LogP contribution in [0.1, 0.15) is 36.0 Å². The first-order valence-corrected chi connectivity index (χ1v) is 10.0. The van der Waals surface area contributed by atoms with Gasteiger partial charge in [-0.2, -0.15) is 0 Å². The number of amides is 1. The summed E-state index contributed by atoms with van der Waals surface area (Å²) in [7, 11) is 1.95. The van der Waals surface area contributed by atoms with Crippen LogP contribution >= 0.6 is 0 Å². The maximum atomic E-state index is 13.3. The molecule has 3 heterocycles. The molecule has 0 N–H and O–H groups in total. The van der Waals surface area contributed by atoms with Gasteiger partial charge in [0.05, 0.1) is 5.56 Å². The Morgan fingerprint density at radius 2 is 1.74 bits per heavy atom. The average Bonchev–Trinajstić information content (AvgIpc) is 3.28. The fourth-order valence-electron chi connectivity index (χ4n) is 4.24. The number of hydrogen-bond donors (Lipinski definition) is 0. The van der Waals surface area contributed by atoms with E-state index in [2.05, 4.69) is 39.0 Å². The third-order valence-electron chi connectivity index (χ3n) is 5.81. The Labute approximate surface area is 161 Å². The molecule has 2 fully saturated rings. The Morgan fingerprint density at radius 1 is 1.00 bits per heavy atom. The molecule has 1 amide bonds. The minimum Gasteiger partial charge on any atom is -0.369 e. The second kappa shape index (κ2) is 7.99. The van der Waals surface area contributed by atoms with E-state index in [9.17, 15) is 4.79 Å². The fraction of sp³-hybridized carbons (Fsp3) is 0.455. The van der Waals surface area contributed by atoms with E-state index in [-0.39, 0.29) is 11.9 Å². The van der Waals surface area contributed by atoms with Crippen LogP contribution in [0.25, 0.3) is 0 Å². The van der Waals surface area contributed by atoms with Crippen molar-refractivity contribution in [2.75, 3.05) is 43.0 Å². The van der Waals surface area contributed by atoms with Crippen LogP contribution < -0.4 is 9.80 Å². The van der Waals surface area contributed by atoms with Gasteiger partial charge < -0.3 is 14.7 Å². The Hall–Kier alpha value is -2.56. The number of nitrogens with zero attached hydrogens (tertiary/aromatic N) is 4. The lowest BCUT2D eigenvalue weighted by Gasteiger charge is -2.39. The molecule has 0 bridgehead atoms. The van der Waals surface area contributed by atoms with Crippen molar-refractivity contribution in [2.24, 2.45) is 0 Å². The summed E-state index contributed by atoms with van der Waals surface area (Å²) in [6.45, 7) is 3.92. The molecular weight excluding hydrogens is 336 g/mol. The number of rotatable bonds is 4. The van der Waals surface area contributed by atoms with E-state index in [1.54, 1.807) is 6.20 Å². The number of piperidine rings is 1. The molecule has 1 atom stereocenters. The topological polar surface area (TPSA) is 39.7 Å². The van der Waals surface area contributed by atoms with Gasteiger partial charge in [-0.15, -0.1) is 0 Å². The highest BCUT2D eigenvalue weighted by Crippen LogP contribution is 2.26. The Bertz CT molecular complexity index is 773. The molecule has 5 heteroatoms. The standard InChI is InChI=1S/C22H28N4O/c1-24(19-11-8-16-26(17-19)18-9-3-2-4-10-18)22(27)20-12-7-13-23-21(20)25-14-5-6-15-25/h2-4,7,9-10,12-13,19H,5-6,8,11,14-17H2,1H3. The number of para-hydroxylation sites is 1. The second-order valence-electron chi connectivity index (χ2n) is 7.56. The van der Waals surface area contributed by atoms with E-state index in [1.807, 2.05) is 30.1 Å². The van der Waals surface area contributed by atoms with Crippen LogP contribution in [-0.2, 0) is 0 Å². The van der Waals surface area contributed by atoms with Crippen LogP contribution in [0.15, 0.2) is 48.7 Å². The summed E-state index contributed by atoms with van der Waals surface area (Å²) in [6.07, 6.45) is 6.29. The molecule has 0 saturated carbocycles. The number of anilines is 2. The van der Waals surface area contributed by atoms with Gasteiger partial charge in [-0.05, 0) is 49.9 Å². The molecule has 1 aromatic carbocycles. The van der Waals surface area contributed by atoms with Crippen LogP contribution in [0.5, 0.6) is 0 Å². The van der Waals surface area contributed by atoms with Crippen LogP contribution in [0.3, 0.4) is 0 Å². The summed E-state index contributed by atoms with van der Waals surface area (Å²) in [6, 6.07) is 14.5. The molecule has 4 rings (SSSR count). The average molecular weight is 364 g/mol. The fourth-order valence-corrected chi connectivity index (χ4v) is 4.24. The first-order chi connectivity index (χ1) is 13.2. The summed E-state index contributed by atoms with van der Waals surface area (Å²) in [4.78, 5) is 24.4. The maximum absolute atomic E-state index is 13.3. The van der Waals surface area contributed by atoms with Gasteiger partial charge in [-0.3, -0.25) is 4.79 Å². The lowest BCUT2D eigenvalue weighted by molar-refractivity contribution is 0.0717. The lowest BCUT2D eigenvalue weighted by atomic mass is 10.0. The quantitative estimate of drug-likeness (QED) is 0.833. The molecule has 2 saturated heterocycles. The third-order valence-corrected chi connectivity index (χ3v) is 5.81. The second-order valence-corrected chi connectivity index (χ2v) is 7.56. The molecule has 2 aromatic rings. The molecule has 2 aliphatic heterocycles. The summed E-state index contributed by atoms with van der Waals surface area (Å²) in [5, 5.41) is 0. The number of pyridine rings is 1. The lowest BCUT2D eigenvalue weighted by Crippen LogP contribution is -2.49. The Morgan fingerprint density at radius 3 is 2.52 bits per heavy atom. The minimum atomic E-state index is 0.0879. The van der Waals surface area contributed by atoms with Gasteiger partial charge in [0.2, 0.25) is 0 Å². The van der Waals surface area contributed by atoms with E-state index >= 15 is 0 Å². The SMILES string of the molecule is CN(C(=O)c1cccnc1N1CCCC1)C1CCCN(c2ccccc2)C1. The van der Waals surface area contributed by atoms with Crippen molar-refractivity contribution in [1.82, 2.24) is 9.88 Å². The summed E-state index contributed by atoms with van der Waals surface area (Å²) in [5.74, 6) is 0.937. The molecule has 142 valence electrons.